The molecule has 0 fully saturated rings. The second-order valence-electron chi connectivity index (χ2n) is 4.52. The van der Waals surface area contributed by atoms with Crippen molar-refractivity contribution in [2.75, 3.05) is 10.6 Å². The van der Waals surface area contributed by atoms with Crippen molar-refractivity contribution >= 4 is 23.2 Å². The van der Waals surface area contributed by atoms with Crippen molar-refractivity contribution in [3.8, 4) is 0 Å². The van der Waals surface area contributed by atoms with E-state index in [0.717, 1.165) is 5.56 Å². The maximum Gasteiger partial charge on any atom is 0.258 e. The molecule has 1 aromatic carbocycles. The summed E-state index contributed by atoms with van der Waals surface area (Å²) >= 11 is 0. The highest BCUT2D eigenvalue weighted by Gasteiger charge is 2.11. The number of carbonyl (C=O) groups excluding carboxylic acids is 2. The predicted octanol–water partition coefficient (Wildman–Crippen LogP) is 1.94. The number of hydrogen-bond acceptors (Lipinski definition) is 3. The van der Waals surface area contributed by atoms with Crippen LogP contribution in [0.4, 0.5) is 11.4 Å². The summed E-state index contributed by atoms with van der Waals surface area (Å²) in [7, 11) is 1.75. The minimum Gasteiger partial charge on any atom is -0.326 e. The summed E-state index contributed by atoms with van der Waals surface area (Å²) in [6.07, 6.45) is 3.14. The van der Waals surface area contributed by atoms with E-state index in [9.17, 15) is 9.59 Å². The number of carbonyl (C=O) groups is 2. The Morgan fingerprint density at radius 1 is 1.20 bits per heavy atom. The van der Waals surface area contributed by atoms with Gasteiger partial charge < -0.3 is 10.6 Å². The zero-order valence-electron chi connectivity index (χ0n) is 11.6. The van der Waals surface area contributed by atoms with Crippen LogP contribution < -0.4 is 10.6 Å². The highest BCUT2D eigenvalue weighted by atomic mass is 16.2. The summed E-state index contributed by atoms with van der Waals surface area (Å²) < 4.78 is 1.56. The molecule has 0 aliphatic heterocycles. The first-order valence-electron chi connectivity index (χ1n) is 6.14. The molecule has 2 aromatic rings. The van der Waals surface area contributed by atoms with Gasteiger partial charge in [-0.05, 0) is 24.6 Å². The minimum absolute atomic E-state index is 0.149. The van der Waals surface area contributed by atoms with Gasteiger partial charge in [-0.3, -0.25) is 14.3 Å². The lowest BCUT2D eigenvalue weighted by Gasteiger charge is -2.12. The topological polar surface area (TPSA) is 76.0 Å². The lowest BCUT2D eigenvalue weighted by Crippen LogP contribution is -2.13. The monoisotopic (exact) mass is 272 g/mol. The Kier molecular flexibility index (Phi) is 3.84. The van der Waals surface area contributed by atoms with Crippen molar-refractivity contribution in [2.24, 2.45) is 7.05 Å². The van der Waals surface area contributed by atoms with Crippen LogP contribution in [0, 0.1) is 6.92 Å². The van der Waals surface area contributed by atoms with E-state index in [4.69, 9.17) is 0 Å². The molecule has 0 atom stereocenters. The average molecular weight is 272 g/mol. The summed E-state index contributed by atoms with van der Waals surface area (Å²) in [6.45, 7) is 3.28. The van der Waals surface area contributed by atoms with Crippen LogP contribution in [0.3, 0.4) is 0 Å². The number of aromatic nitrogens is 2. The first-order valence-corrected chi connectivity index (χ1v) is 6.14. The fraction of sp³-hybridized carbons (Fsp3) is 0.214. The van der Waals surface area contributed by atoms with Gasteiger partial charge in [0.15, 0.2) is 0 Å². The molecule has 104 valence electrons. The molecule has 0 aliphatic rings. The Labute approximate surface area is 116 Å². The minimum atomic E-state index is -0.235. The van der Waals surface area contributed by atoms with E-state index in [0.29, 0.717) is 16.9 Å². The maximum atomic E-state index is 12.1. The van der Waals surface area contributed by atoms with Gasteiger partial charge in [0, 0.05) is 31.5 Å². The van der Waals surface area contributed by atoms with Gasteiger partial charge in [-0.15, -0.1) is 0 Å². The number of nitrogens with one attached hydrogen (secondary N) is 2. The molecule has 1 aromatic heterocycles. The van der Waals surface area contributed by atoms with Crippen molar-refractivity contribution in [1.82, 2.24) is 9.78 Å². The Morgan fingerprint density at radius 2 is 1.85 bits per heavy atom. The van der Waals surface area contributed by atoms with Gasteiger partial charge in [-0.1, -0.05) is 6.07 Å². The van der Waals surface area contributed by atoms with E-state index < -0.39 is 0 Å². The molecule has 2 N–H and O–H groups in total. The molecule has 2 rings (SSSR count). The molecule has 6 nitrogen and oxygen atoms in total. The second kappa shape index (κ2) is 5.56. The summed E-state index contributed by atoms with van der Waals surface area (Å²) in [5.41, 5.74) is 2.63. The Morgan fingerprint density at radius 3 is 2.40 bits per heavy atom. The lowest BCUT2D eigenvalue weighted by molar-refractivity contribution is -0.114. The third-order valence-corrected chi connectivity index (χ3v) is 2.86. The van der Waals surface area contributed by atoms with Crippen LogP contribution in [-0.2, 0) is 11.8 Å². The van der Waals surface area contributed by atoms with Crippen LogP contribution >= 0.6 is 0 Å². The summed E-state index contributed by atoms with van der Waals surface area (Å²) in [6, 6.07) is 5.35. The van der Waals surface area contributed by atoms with Gasteiger partial charge in [0.1, 0.15) is 0 Å². The molecule has 20 heavy (non-hydrogen) atoms. The van der Waals surface area contributed by atoms with E-state index in [-0.39, 0.29) is 11.8 Å². The number of anilines is 2. The van der Waals surface area contributed by atoms with E-state index in [1.165, 1.54) is 13.1 Å². The standard InChI is InChI=1S/C14H16N4O2/c1-9-12(16-10(2)19)5-4-6-13(9)17-14(20)11-7-15-18(3)8-11/h4-8H,1-3H3,(H,16,19)(H,17,20). The summed E-state index contributed by atoms with van der Waals surface area (Å²) in [4.78, 5) is 23.2. The SMILES string of the molecule is CC(=O)Nc1cccc(NC(=O)c2cnn(C)c2)c1C. The van der Waals surface area contributed by atoms with Crippen LogP contribution in [0.5, 0.6) is 0 Å². The second-order valence-corrected chi connectivity index (χ2v) is 4.52. The molecule has 1 heterocycles. The number of rotatable bonds is 3. The normalized spacial score (nSPS) is 10.2. The first kappa shape index (κ1) is 13.8. The van der Waals surface area contributed by atoms with Crippen molar-refractivity contribution in [3.05, 3.63) is 41.7 Å². The fourth-order valence-electron chi connectivity index (χ4n) is 1.83. The highest BCUT2D eigenvalue weighted by molar-refractivity contribution is 6.05. The van der Waals surface area contributed by atoms with Gasteiger partial charge in [-0.25, -0.2) is 0 Å². The van der Waals surface area contributed by atoms with Crippen molar-refractivity contribution in [2.45, 2.75) is 13.8 Å². The molecular weight excluding hydrogens is 256 g/mol. The number of nitrogens with zero attached hydrogens (tertiary/aromatic N) is 2. The van der Waals surface area contributed by atoms with Crippen molar-refractivity contribution < 1.29 is 9.59 Å². The van der Waals surface area contributed by atoms with E-state index in [2.05, 4.69) is 15.7 Å². The van der Waals surface area contributed by atoms with Gasteiger partial charge in [0.05, 0.1) is 11.8 Å². The Hall–Kier alpha value is -2.63. The lowest BCUT2D eigenvalue weighted by atomic mass is 10.1. The molecule has 0 bridgehead atoms. The number of benzene rings is 1. The van der Waals surface area contributed by atoms with Crippen LogP contribution in [0.15, 0.2) is 30.6 Å². The Bertz CT molecular complexity index is 661. The van der Waals surface area contributed by atoms with Gasteiger partial charge in [0.25, 0.3) is 5.91 Å². The summed E-state index contributed by atoms with van der Waals surface area (Å²) in [5, 5.41) is 9.49. The van der Waals surface area contributed by atoms with E-state index >= 15 is 0 Å². The van der Waals surface area contributed by atoms with Crippen molar-refractivity contribution in [1.29, 1.82) is 0 Å². The third kappa shape index (κ3) is 3.03. The number of hydrogen-bond donors (Lipinski definition) is 2. The molecular formula is C14H16N4O2. The molecule has 0 saturated carbocycles. The smallest absolute Gasteiger partial charge is 0.258 e. The van der Waals surface area contributed by atoms with E-state index in [1.807, 2.05) is 6.92 Å². The zero-order valence-corrected chi connectivity index (χ0v) is 11.6. The maximum absolute atomic E-state index is 12.1. The average Bonchev–Trinajstić information content (AvgIpc) is 2.80. The third-order valence-electron chi connectivity index (χ3n) is 2.86. The molecule has 0 unspecified atom stereocenters. The van der Waals surface area contributed by atoms with Gasteiger partial charge >= 0.3 is 0 Å². The molecule has 0 spiro atoms. The van der Waals surface area contributed by atoms with Crippen LogP contribution in [0.1, 0.15) is 22.8 Å². The van der Waals surface area contributed by atoms with Gasteiger partial charge in [-0.2, -0.15) is 5.10 Å². The molecule has 2 amide bonds. The Balaban J connectivity index is 2.21. The predicted molar refractivity (Wildman–Crippen MR) is 76.6 cm³/mol. The molecule has 0 aliphatic carbocycles. The quantitative estimate of drug-likeness (QED) is 0.896. The van der Waals surface area contributed by atoms with E-state index in [1.54, 1.807) is 36.1 Å². The van der Waals surface area contributed by atoms with Crippen molar-refractivity contribution in [3.63, 3.8) is 0 Å². The van der Waals surface area contributed by atoms with Gasteiger partial charge in [0.2, 0.25) is 5.91 Å². The molecule has 0 saturated heterocycles. The summed E-state index contributed by atoms with van der Waals surface area (Å²) in [5.74, 6) is -0.384. The van der Waals surface area contributed by atoms with Crippen LogP contribution in [0.25, 0.3) is 0 Å². The highest BCUT2D eigenvalue weighted by Crippen LogP contribution is 2.23. The fourth-order valence-corrected chi connectivity index (χ4v) is 1.83. The largest absolute Gasteiger partial charge is 0.326 e. The first-order chi connectivity index (χ1) is 9.47. The number of aryl methyl sites for hydroxylation is 1. The molecule has 6 heteroatoms. The zero-order chi connectivity index (χ0) is 14.7. The van der Waals surface area contributed by atoms with Crippen LogP contribution in [0.2, 0.25) is 0 Å². The van der Waals surface area contributed by atoms with Crippen LogP contribution in [-0.4, -0.2) is 21.6 Å². The molecule has 0 radical (unpaired) electrons. The number of amides is 2.